The molecule has 0 atom stereocenters. The van der Waals surface area contributed by atoms with E-state index in [9.17, 15) is 4.79 Å². The number of nitrogens with one attached hydrogen (secondary N) is 1. The summed E-state index contributed by atoms with van der Waals surface area (Å²) in [6.07, 6.45) is 0. The van der Waals surface area contributed by atoms with Gasteiger partial charge in [0.15, 0.2) is 0 Å². The zero-order valence-corrected chi connectivity index (χ0v) is 16.8. The summed E-state index contributed by atoms with van der Waals surface area (Å²) in [4.78, 5) is 15.6. The van der Waals surface area contributed by atoms with E-state index < -0.39 is 0 Å². The average Bonchev–Trinajstić information content (AvgIpc) is 3.21. The third kappa shape index (κ3) is 4.13. The van der Waals surface area contributed by atoms with Crippen molar-refractivity contribution in [2.75, 3.05) is 5.32 Å². The smallest absolute Gasteiger partial charge is 0.269 e. The number of aryl methyl sites for hydroxylation is 1. The highest BCUT2D eigenvalue weighted by Gasteiger charge is 2.19. The van der Waals surface area contributed by atoms with E-state index in [4.69, 9.17) is 0 Å². The zero-order valence-electron chi connectivity index (χ0n) is 15.1. The molecule has 0 saturated heterocycles. The molecule has 138 valence electrons. The third-order valence-electron chi connectivity index (χ3n) is 4.13. The highest BCUT2D eigenvalue weighted by molar-refractivity contribution is 7.99. The Hall–Kier alpha value is -2.96. The lowest BCUT2D eigenvalue weighted by molar-refractivity contribution is 0.103. The second kappa shape index (κ2) is 8.37. The highest BCUT2D eigenvalue weighted by Crippen LogP contribution is 2.34. The van der Waals surface area contributed by atoms with Crippen molar-refractivity contribution in [2.45, 2.75) is 16.7 Å². The largest absolute Gasteiger partial charge is 0.320 e. The maximum Gasteiger partial charge on any atom is 0.269 e. The Bertz CT molecular complexity index is 1090. The van der Waals surface area contributed by atoms with E-state index in [1.54, 1.807) is 11.8 Å². The van der Waals surface area contributed by atoms with E-state index >= 15 is 0 Å². The summed E-state index contributed by atoms with van der Waals surface area (Å²) in [5.41, 5.74) is 3.42. The molecule has 0 saturated carbocycles. The van der Waals surface area contributed by atoms with Gasteiger partial charge in [0.1, 0.15) is 10.6 Å². The van der Waals surface area contributed by atoms with Crippen LogP contribution >= 0.6 is 23.3 Å². The van der Waals surface area contributed by atoms with E-state index in [1.807, 2.05) is 85.8 Å². The quantitative estimate of drug-likeness (QED) is 0.450. The molecule has 0 radical (unpaired) electrons. The average molecular weight is 404 g/mol. The van der Waals surface area contributed by atoms with E-state index in [2.05, 4.69) is 14.9 Å². The molecule has 6 heteroatoms. The zero-order chi connectivity index (χ0) is 19.3. The fourth-order valence-corrected chi connectivity index (χ4v) is 4.20. The van der Waals surface area contributed by atoms with Crippen molar-refractivity contribution in [3.8, 4) is 11.3 Å². The Kier molecular flexibility index (Phi) is 5.50. The first-order valence-electron chi connectivity index (χ1n) is 8.73. The molecule has 0 aliphatic rings. The molecule has 1 N–H and O–H groups in total. The van der Waals surface area contributed by atoms with Crippen molar-refractivity contribution in [1.29, 1.82) is 0 Å². The lowest BCUT2D eigenvalue weighted by atomic mass is 10.1. The minimum absolute atomic E-state index is 0.202. The summed E-state index contributed by atoms with van der Waals surface area (Å²) in [6, 6.07) is 25.8. The van der Waals surface area contributed by atoms with E-state index in [1.165, 1.54) is 0 Å². The minimum Gasteiger partial charge on any atom is -0.320 e. The van der Waals surface area contributed by atoms with E-state index in [-0.39, 0.29) is 5.91 Å². The fraction of sp³-hybridized carbons (Fsp3) is 0.0455. The summed E-state index contributed by atoms with van der Waals surface area (Å²) in [7, 11) is 0. The number of rotatable bonds is 5. The van der Waals surface area contributed by atoms with Gasteiger partial charge in [-0.25, -0.2) is 0 Å². The summed E-state index contributed by atoms with van der Waals surface area (Å²) >= 11 is 2.72. The first-order chi connectivity index (χ1) is 13.7. The van der Waals surface area contributed by atoms with Gasteiger partial charge in [-0.3, -0.25) is 4.79 Å². The monoisotopic (exact) mass is 403 g/mol. The third-order valence-corrected chi connectivity index (χ3v) is 5.93. The number of carbonyl (C=O) groups excluding carboxylic acids is 1. The molecule has 0 bridgehead atoms. The van der Waals surface area contributed by atoms with Gasteiger partial charge in [0.25, 0.3) is 5.91 Å². The van der Waals surface area contributed by atoms with Crippen LogP contribution in [0.4, 0.5) is 5.69 Å². The normalized spacial score (nSPS) is 10.6. The number of aromatic nitrogens is 2. The summed E-state index contributed by atoms with van der Waals surface area (Å²) in [5.74, 6) is -0.202. The lowest BCUT2D eigenvalue weighted by Gasteiger charge is -2.10. The Labute approximate surface area is 171 Å². The Balaban J connectivity index is 1.59. The first kappa shape index (κ1) is 18.4. The second-order valence-electron chi connectivity index (χ2n) is 6.18. The van der Waals surface area contributed by atoms with E-state index in [0.29, 0.717) is 10.6 Å². The number of benzene rings is 3. The van der Waals surface area contributed by atoms with Crippen LogP contribution in [0.1, 0.15) is 15.2 Å². The van der Waals surface area contributed by atoms with Crippen LogP contribution in [0.25, 0.3) is 11.3 Å². The minimum atomic E-state index is -0.202. The molecule has 0 fully saturated rings. The molecular formula is C22H17N3OS2. The van der Waals surface area contributed by atoms with Crippen LogP contribution in [0.2, 0.25) is 0 Å². The van der Waals surface area contributed by atoms with Gasteiger partial charge in [-0.15, -0.1) is 5.10 Å². The fourth-order valence-electron chi connectivity index (χ4n) is 2.69. The maximum absolute atomic E-state index is 13.0. The second-order valence-corrected chi connectivity index (χ2v) is 8.05. The van der Waals surface area contributed by atoms with Gasteiger partial charge >= 0.3 is 0 Å². The molecule has 1 aromatic heterocycles. The predicted molar refractivity (Wildman–Crippen MR) is 115 cm³/mol. The van der Waals surface area contributed by atoms with E-state index in [0.717, 1.165) is 38.1 Å². The van der Waals surface area contributed by atoms with Crippen molar-refractivity contribution in [2.24, 2.45) is 0 Å². The van der Waals surface area contributed by atoms with Crippen LogP contribution in [-0.2, 0) is 0 Å². The topological polar surface area (TPSA) is 54.9 Å². The van der Waals surface area contributed by atoms with Crippen LogP contribution in [-0.4, -0.2) is 15.5 Å². The van der Waals surface area contributed by atoms with Crippen LogP contribution in [0, 0.1) is 6.92 Å². The van der Waals surface area contributed by atoms with Gasteiger partial charge in [-0.05, 0) is 42.7 Å². The Morgan fingerprint density at radius 1 is 0.929 bits per heavy atom. The molecule has 0 aliphatic heterocycles. The van der Waals surface area contributed by atoms with Crippen molar-refractivity contribution in [3.05, 3.63) is 89.3 Å². The molecule has 28 heavy (non-hydrogen) atoms. The number of nitrogens with zero attached hydrogens (tertiary/aromatic N) is 2. The van der Waals surface area contributed by atoms with Gasteiger partial charge in [0.05, 0.1) is 5.69 Å². The van der Waals surface area contributed by atoms with Gasteiger partial charge in [-0.2, -0.15) is 0 Å². The van der Waals surface area contributed by atoms with Gasteiger partial charge in [0.2, 0.25) is 0 Å². The standard InChI is InChI=1S/C22H17N3OS2/c1-15-11-13-16(14-12-15)20-21(28-25-24-20)22(26)23-18-9-5-6-10-19(18)27-17-7-3-2-4-8-17/h2-14H,1H3,(H,23,26). The maximum atomic E-state index is 13.0. The van der Waals surface area contributed by atoms with Gasteiger partial charge in [0, 0.05) is 15.4 Å². The number of hydrogen-bond acceptors (Lipinski definition) is 5. The Morgan fingerprint density at radius 3 is 2.43 bits per heavy atom. The van der Waals surface area contributed by atoms with Crippen molar-refractivity contribution in [1.82, 2.24) is 9.59 Å². The molecule has 0 spiro atoms. The summed E-state index contributed by atoms with van der Waals surface area (Å²) in [6.45, 7) is 2.03. The van der Waals surface area contributed by atoms with Crippen LogP contribution in [0.3, 0.4) is 0 Å². The molecule has 0 aliphatic carbocycles. The lowest BCUT2D eigenvalue weighted by Crippen LogP contribution is -2.12. The number of anilines is 1. The van der Waals surface area contributed by atoms with Gasteiger partial charge in [-0.1, -0.05) is 76.4 Å². The SMILES string of the molecule is Cc1ccc(-c2nnsc2C(=O)Nc2ccccc2Sc2ccccc2)cc1. The van der Waals surface area contributed by atoms with Crippen molar-refractivity contribution >= 4 is 34.9 Å². The molecular weight excluding hydrogens is 386 g/mol. The molecule has 1 amide bonds. The molecule has 4 rings (SSSR count). The molecule has 4 nitrogen and oxygen atoms in total. The molecule has 0 unspecified atom stereocenters. The number of para-hydroxylation sites is 1. The summed E-state index contributed by atoms with van der Waals surface area (Å²) in [5, 5.41) is 7.20. The number of amides is 1. The van der Waals surface area contributed by atoms with Crippen LogP contribution in [0.5, 0.6) is 0 Å². The molecule has 4 aromatic rings. The molecule has 1 heterocycles. The number of carbonyl (C=O) groups is 1. The predicted octanol–water partition coefficient (Wildman–Crippen LogP) is 5.92. The first-order valence-corrected chi connectivity index (χ1v) is 10.3. The highest BCUT2D eigenvalue weighted by atomic mass is 32.2. The van der Waals surface area contributed by atoms with Crippen LogP contribution in [0.15, 0.2) is 88.7 Å². The molecule has 3 aromatic carbocycles. The van der Waals surface area contributed by atoms with Gasteiger partial charge < -0.3 is 5.32 Å². The van der Waals surface area contributed by atoms with Crippen molar-refractivity contribution in [3.63, 3.8) is 0 Å². The van der Waals surface area contributed by atoms with Crippen molar-refractivity contribution < 1.29 is 4.79 Å². The number of hydrogen-bond donors (Lipinski definition) is 1. The Morgan fingerprint density at radius 2 is 1.64 bits per heavy atom. The van der Waals surface area contributed by atoms with Crippen LogP contribution < -0.4 is 5.32 Å². The summed E-state index contributed by atoms with van der Waals surface area (Å²) < 4.78 is 4.00.